The van der Waals surface area contributed by atoms with Gasteiger partial charge in [-0.2, -0.15) is 0 Å². The fourth-order valence-electron chi connectivity index (χ4n) is 3.64. The van der Waals surface area contributed by atoms with Crippen LogP contribution in [0.15, 0.2) is 49.1 Å². The number of ketones is 1. The molecule has 0 aliphatic carbocycles. The first-order valence-electron chi connectivity index (χ1n) is 11.3. The first kappa shape index (κ1) is 17.6. The number of ether oxygens (including phenoxy) is 1. The van der Waals surface area contributed by atoms with Crippen molar-refractivity contribution in [3.63, 3.8) is 0 Å². The van der Waals surface area contributed by atoms with Crippen molar-refractivity contribution >= 4 is 45.7 Å². The molecule has 0 saturated carbocycles. The maximum Gasteiger partial charge on any atom is 0.252 e. The van der Waals surface area contributed by atoms with E-state index in [1.807, 2.05) is 0 Å². The average Bonchev–Trinajstić information content (AvgIpc) is 3.48. The molecule has 1 amide bonds. The number of benzene rings is 1. The second kappa shape index (κ2) is 7.91. The van der Waals surface area contributed by atoms with Crippen LogP contribution in [0.5, 0.6) is 5.75 Å². The number of anilines is 2. The molecule has 0 bridgehead atoms. The van der Waals surface area contributed by atoms with Gasteiger partial charge >= 0.3 is 0 Å². The lowest BCUT2D eigenvalue weighted by atomic mass is 9.96. The predicted octanol–water partition coefficient (Wildman–Crippen LogP) is 3.26. The molecule has 11 heteroatoms. The van der Waals surface area contributed by atoms with Gasteiger partial charge in [0.05, 0.1) is 56.7 Å². The maximum atomic E-state index is 13.5. The van der Waals surface area contributed by atoms with Crippen molar-refractivity contribution in [1.29, 1.82) is 0 Å². The minimum absolute atomic E-state index is 0.161. The molecule has 33 heavy (non-hydrogen) atoms. The zero-order chi connectivity index (χ0) is 25.7. The lowest BCUT2D eigenvalue weighted by Crippen LogP contribution is -2.53. The minimum atomic E-state index is -2.68. The molecule has 5 rings (SSSR count). The van der Waals surface area contributed by atoms with Crippen LogP contribution in [-0.2, 0) is 9.53 Å². The Bertz CT molecular complexity index is 1490. The summed E-state index contributed by atoms with van der Waals surface area (Å²) in [5.41, 5.74) is 0.166. The highest BCUT2D eigenvalue weighted by Gasteiger charge is 2.39. The summed E-state index contributed by atoms with van der Waals surface area (Å²) in [6.07, 6.45) is 6.10. The molecule has 3 N–H and O–H groups in total. The van der Waals surface area contributed by atoms with Crippen molar-refractivity contribution in [2.24, 2.45) is 0 Å². The van der Waals surface area contributed by atoms with Crippen LogP contribution < -0.4 is 15.5 Å². The molecule has 4 heterocycles. The Kier molecular flexibility index (Phi) is 4.23. The molecule has 0 spiro atoms. The maximum absolute atomic E-state index is 13.5. The highest BCUT2D eigenvalue weighted by atomic mass is 35.5. The average molecular weight is 470 g/mol. The number of H-pyrrole nitrogens is 1. The summed E-state index contributed by atoms with van der Waals surface area (Å²) >= 11 is 6.43. The quantitative estimate of drug-likeness (QED) is 0.370. The van der Waals surface area contributed by atoms with E-state index in [1.165, 1.54) is 36.3 Å². The molecule has 0 radical (unpaired) electrons. The molecule has 0 unspecified atom stereocenters. The van der Waals surface area contributed by atoms with E-state index in [0.29, 0.717) is 28.2 Å². The van der Waals surface area contributed by atoms with Crippen LogP contribution in [0.3, 0.4) is 0 Å². The monoisotopic (exact) mass is 469 g/mol. The standard InChI is InChI=1S/C22H19ClN6O4/c1-22(11-32-2)21(31)27-16-10-25-20-17(18(16)28-22)14(9-24-20)19(30)13-5-4-12(8-15(13)23)33-29-7-3-6-26-29/h3-10,28H,11H2,1-2H3,(H,24,25)(H,27,31)/t22-/m0/s1/i2D3. The molecule has 1 aliphatic heterocycles. The van der Waals surface area contributed by atoms with Gasteiger partial charge in [0.25, 0.3) is 5.91 Å². The van der Waals surface area contributed by atoms with Gasteiger partial charge in [-0.15, -0.1) is 9.94 Å². The largest absolute Gasteiger partial charge is 0.382 e. The highest BCUT2D eigenvalue weighted by Crippen LogP contribution is 2.39. The number of carbonyl (C=O) groups is 2. The summed E-state index contributed by atoms with van der Waals surface area (Å²) in [5.74, 6) is -0.515. The number of rotatable bonds is 6. The number of nitrogens with zero attached hydrogens (tertiary/aromatic N) is 3. The molecule has 1 aliphatic rings. The van der Waals surface area contributed by atoms with Crippen LogP contribution in [0, 0.1) is 0 Å². The fourth-order valence-corrected chi connectivity index (χ4v) is 3.89. The van der Waals surface area contributed by atoms with Crippen LogP contribution in [0.4, 0.5) is 11.4 Å². The minimum Gasteiger partial charge on any atom is -0.382 e. The van der Waals surface area contributed by atoms with Crippen molar-refractivity contribution < 1.29 is 23.3 Å². The Balaban J connectivity index is 1.50. The summed E-state index contributed by atoms with van der Waals surface area (Å²) in [6, 6.07) is 6.32. The number of methoxy groups -OCH3 is 1. The van der Waals surface area contributed by atoms with E-state index in [9.17, 15) is 9.59 Å². The van der Waals surface area contributed by atoms with Crippen LogP contribution in [0.25, 0.3) is 11.0 Å². The van der Waals surface area contributed by atoms with Crippen LogP contribution >= 0.6 is 11.6 Å². The lowest BCUT2D eigenvalue weighted by molar-refractivity contribution is -0.121. The normalized spacial score (nSPS) is 19.1. The molecule has 168 valence electrons. The molecule has 3 aromatic heterocycles. The second-order valence-corrected chi connectivity index (χ2v) is 8.05. The van der Waals surface area contributed by atoms with Gasteiger partial charge in [0.2, 0.25) is 0 Å². The van der Waals surface area contributed by atoms with Crippen LogP contribution in [0.1, 0.15) is 27.0 Å². The third-order valence-electron chi connectivity index (χ3n) is 5.32. The molecular formula is C22H19ClN6O4. The fraction of sp³-hybridized carbons (Fsp3) is 0.182. The molecule has 10 nitrogen and oxygen atoms in total. The lowest BCUT2D eigenvalue weighted by Gasteiger charge is -2.35. The molecule has 4 aromatic rings. The number of aromatic nitrogens is 4. The van der Waals surface area contributed by atoms with Gasteiger partial charge in [0.15, 0.2) is 11.5 Å². The van der Waals surface area contributed by atoms with Gasteiger partial charge in [-0.1, -0.05) is 11.6 Å². The third-order valence-corrected chi connectivity index (χ3v) is 5.63. The SMILES string of the molecule is [2H]C([2H])([2H])OC[C@]1(C)Nc2c(cnc3[nH]cc(C(=O)c4ccc(On5cccn5)cc4Cl)c23)NC1=O. The molecular weight excluding hydrogens is 448 g/mol. The van der Waals surface area contributed by atoms with E-state index >= 15 is 0 Å². The van der Waals surface area contributed by atoms with E-state index in [4.69, 9.17) is 25.3 Å². The van der Waals surface area contributed by atoms with Gasteiger partial charge in [0, 0.05) is 24.9 Å². The molecule has 0 saturated heterocycles. The highest BCUT2D eigenvalue weighted by molar-refractivity contribution is 6.36. The summed E-state index contributed by atoms with van der Waals surface area (Å²) in [7, 11) is -2.68. The first-order valence-corrected chi connectivity index (χ1v) is 10.2. The van der Waals surface area contributed by atoms with E-state index in [1.54, 1.807) is 24.5 Å². The number of carbonyl (C=O) groups excluding carboxylic acids is 2. The first-order chi connectivity index (χ1) is 17.0. The number of halogens is 1. The third kappa shape index (κ3) is 3.59. The zero-order valence-corrected chi connectivity index (χ0v) is 17.9. The van der Waals surface area contributed by atoms with Crippen molar-refractivity contribution in [3.8, 4) is 5.75 Å². The summed E-state index contributed by atoms with van der Waals surface area (Å²) in [5, 5.41) is 10.3. The van der Waals surface area contributed by atoms with E-state index in [2.05, 4.69) is 25.7 Å². The van der Waals surface area contributed by atoms with Gasteiger partial charge < -0.3 is 25.2 Å². The molecule has 1 aromatic carbocycles. The van der Waals surface area contributed by atoms with Crippen molar-refractivity contribution in [3.05, 3.63) is 65.2 Å². The number of nitrogens with one attached hydrogen (secondary N) is 3. The molecule has 1 atom stereocenters. The van der Waals surface area contributed by atoms with Crippen molar-refractivity contribution in [1.82, 2.24) is 19.9 Å². The second-order valence-electron chi connectivity index (χ2n) is 7.64. The van der Waals surface area contributed by atoms with Gasteiger partial charge in [0.1, 0.15) is 11.2 Å². The van der Waals surface area contributed by atoms with Gasteiger partial charge in [-0.05, 0) is 25.1 Å². The number of hydrogen-bond donors (Lipinski definition) is 3. The summed E-state index contributed by atoms with van der Waals surface area (Å²) < 4.78 is 26.8. The smallest absolute Gasteiger partial charge is 0.252 e. The molecule has 0 fully saturated rings. The van der Waals surface area contributed by atoms with Crippen LogP contribution in [-0.4, -0.2) is 50.8 Å². The Morgan fingerprint density at radius 3 is 3.00 bits per heavy atom. The number of pyridine rings is 1. The Morgan fingerprint density at radius 2 is 2.24 bits per heavy atom. The topological polar surface area (TPSA) is 123 Å². The number of aromatic amines is 1. The zero-order valence-electron chi connectivity index (χ0n) is 20.2. The number of hydrogen-bond acceptors (Lipinski definition) is 7. The van der Waals surface area contributed by atoms with E-state index in [-0.39, 0.29) is 16.1 Å². The van der Waals surface area contributed by atoms with Crippen molar-refractivity contribution in [2.75, 3.05) is 24.3 Å². The predicted molar refractivity (Wildman–Crippen MR) is 122 cm³/mol. The Hall–Kier alpha value is -3.89. The summed E-state index contributed by atoms with van der Waals surface area (Å²) in [4.78, 5) is 40.3. The Labute approximate surface area is 197 Å². The van der Waals surface area contributed by atoms with Gasteiger partial charge in [-0.3, -0.25) is 9.59 Å². The van der Waals surface area contributed by atoms with Crippen LogP contribution in [0.2, 0.25) is 5.02 Å². The van der Waals surface area contributed by atoms with Gasteiger partial charge in [-0.25, -0.2) is 4.98 Å². The van der Waals surface area contributed by atoms with E-state index in [0.717, 1.165) is 0 Å². The number of amides is 1. The summed E-state index contributed by atoms with van der Waals surface area (Å²) in [6.45, 7) is 1.07. The number of fused-ring (bicyclic) bond motifs is 3. The van der Waals surface area contributed by atoms with Crippen molar-refractivity contribution in [2.45, 2.75) is 12.5 Å². The Morgan fingerprint density at radius 1 is 1.36 bits per heavy atom. The van der Waals surface area contributed by atoms with E-state index < -0.39 is 30.9 Å².